The van der Waals surface area contributed by atoms with Crippen LogP contribution in [0.2, 0.25) is 0 Å². The number of nitrogens with one attached hydrogen (secondary N) is 1. The molecule has 0 bridgehead atoms. The van der Waals surface area contributed by atoms with Crippen molar-refractivity contribution >= 4 is 0 Å². The van der Waals surface area contributed by atoms with Crippen molar-refractivity contribution < 1.29 is 9.15 Å². The Balaban J connectivity index is 1.57. The molecule has 0 radical (unpaired) electrons. The van der Waals surface area contributed by atoms with Gasteiger partial charge in [-0.05, 0) is 32.8 Å². The summed E-state index contributed by atoms with van der Waals surface area (Å²) in [6.45, 7) is 5.27. The van der Waals surface area contributed by atoms with Crippen molar-refractivity contribution in [3.8, 4) is 5.75 Å². The van der Waals surface area contributed by atoms with Gasteiger partial charge in [0.2, 0.25) is 0 Å². The van der Waals surface area contributed by atoms with Crippen molar-refractivity contribution in [2.75, 3.05) is 0 Å². The molecule has 0 aromatic carbocycles. The van der Waals surface area contributed by atoms with E-state index in [0.717, 1.165) is 29.4 Å². The number of ether oxygens (including phenoxy) is 1. The van der Waals surface area contributed by atoms with Crippen molar-refractivity contribution in [1.29, 1.82) is 0 Å². The molecule has 2 aromatic rings. The fourth-order valence-electron chi connectivity index (χ4n) is 2.25. The lowest BCUT2D eigenvalue weighted by Crippen LogP contribution is -2.14. The summed E-state index contributed by atoms with van der Waals surface area (Å²) in [7, 11) is 1.92. The van der Waals surface area contributed by atoms with Crippen LogP contribution in [0.4, 0.5) is 0 Å². The van der Waals surface area contributed by atoms with Crippen LogP contribution in [0, 0.1) is 13.8 Å². The van der Waals surface area contributed by atoms with E-state index in [4.69, 9.17) is 9.15 Å². The molecule has 1 saturated carbocycles. The highest BCUT2D eigenvalue weighted by molar-refractivity contribution is 5.31. The van der Waals surface area contributed by atoms with Crippen molar-refractivity contribution in [2.45, 2.75) is 45.9 Å². The van der Waals surface area contributed by atoms with Gasteiger partial charge in [-0.3, -0.25) is 4.68 Å². The first-order valence-electron chi connectivity index (χ1n) is 7.06. The number of hydrogen-bond donors (Lipinski definition) is 1. The maximum atomic E-state index is 5.83. The molecule has 20 heavy (non-hydrogen) atoms. The summed E-state index contributed by atoms with van der Waals surface area (Å²) in [5.74, 6) is 1.70. The Morgan fingerprint density at radius 2 is 2.25 bits per heavy atom. The van der Waals surface area contributed by atoms with Crippen LogP contribution in [0.1, 0.15) is 35.6 Å². The summed E-state index contributed by atoms with van der Waals surface area (Å²) >= 11 is 0. The van der Waals surface area contributed by atoms with Gasteiger partial charge in [0.15, 0.2) is 5.75 Å². The second-order valence-corrected chi connectivity index (χ2v) is 5.49. The molecule has 0 atom stereocenters. The van der Waals surface area contributed by atoms with E-state index in [-0.39, 0.29) is 0 Å². The maximum absolute atomic E-state index is 5.83. The van der Waals surface area contributed by atoms with Crippen molar-refractivity contribution in [3.05, 3.63) is 35.0 Å². The van der Waals surface area contributed by atoms with Gasteiger partial charge in [0.05, 0.1) is 12.0 Å². The molecule has 0 spiro atoms. The second-order valence-electron chi connectivity index (χ2n) is 5.49. The molecule has 1 fully saturated rings. The van der Waals surface area contributed by atoms with Crippen LogP contribution in [-0.2, 0) is 20.2 Å². The van der Waals surface area contributed by atoms with Crippen LogP contribution >= 0.6 is 0 Å². The van der Waals surface area contributed by atoms with Gasteiger partial charge < -0.3 is 14.5 Å². The van der Waals surface area contributed by atoms with E-state index in [2.05, 4.69) is 16.5 Å². The van der Waals surface area contributed by atoms with Crippen LogP contribution < -0.4 is 10.1 Å². The Morgan fingerprint density at radius 3 is 2.90 bits per heavy atom. The fourth-order valence-corrected chi connectivity index (χ4v) is 2.25. The van der Waals surface area contributed by atoms with E-state index < -0.39 is 0 Å². The Morgan fingerprint density at radius 1 is 1.45 bits per heavy atom. The monoisotopic (exact) mass is 275 g/mol. The molecule has 0 amide bonds. The summed E-state index contributed by atoms with van der Waals surface area (Å²) in [6.07, 6.45) is 4.40. The third-order valence-corrected chi connectivity index (χ3v) is 3.68. The summed E-state index contributed by atoms with van der Waals surface area (Å²) in [4.78, 5) is 0. The van der Waals surface area contributed by atoms with Crippen LogP contribution in [0.5, 0.6) is 5.75 Å². The van der Waals surface area contributed by atoms with Gasteiger partial charge in [0.1, 0.15) is 18.1 Å². The number of nitrogens with zero attached hydrogens (tertiary/aromatic N) is 2. The Bertz CT molecular complexity index is 596. The largest absolute Gasteiger partial charge is 0.482 e. The summed E-state index contributed by atoms with van der Waals surface area (Å²) in [5, 5.41) is 7.80. The number of aryl methyl sites for hydroxylation is 2. The van der Waals surface area contributed by atoms with E-state index in [1.807, 2.05) is 25.6 Å². The predicted molar refractivity (Wildman–Crippen MR) is 75.6 cm³/mol. The molecule has 5 nitrogen and oxygen atoms in total. The van der Waals surface area contributed by atoms with Gasteiger partial charge in [0, 0.05) is 25.2 Å². The van der Waals surface area contributed by atoms with E-state index in [1.54, 1.807) is 6.26 Å². The highest BCUT2D eigenvalue weighted by Crippen LogP contribution is 2.23. The molecule has 108 valence electrons. The average Bonchev–Trinajstić information content (AvgIpc) is 3.09. The first-order chi connectivity index (χ1) is 9.63. The molecular formula is C15H21N3O2. The molecule has 1 aliphatic rings. The van der Waals surface area contributed by atoms with Gasteiger partial charge in [-0.15, -0.1) is 0 Å². The first-order valence-corrected chi connectivity index (χ1v) is 7.06. The predicted octanol–water partition coefficient (Wildman–Crippen LogP) is 2.46. The van der Waals surface area contributed by atoms with Crippen LogP contribution in [-0.4, -0.2) is 15.8 Å². The summed E-state index contributed by atoms with van der Waals surface area (Å²) in [6, 6.07) is 2.77. The number of furan rings is 1. The topological polar surface area (TPSA) is 52.2 Å². The average molecular weight is 275 g/mol. The van der Waals surface area contributed by atoms with Gasteiger partial charge in [0.25, 0.3) is 0 Å². The van der Waals surface area contributed by atoms with Crippen LogP contribution in [0.25, 0.3) is 0 Å². The molecule has 0 saturated heterocycles. The fraction of sp³-hybridized carbons (Fsp3) is 0.533. The minimum Gasteiger partial charge on any atom is -0.482 e. The molecule has 2 aromatic heterocycles. The zero-order valence-electron chi connectivity index (χ0n) is 12.3. The summed E-state index contributed by atoms with van der Waals surface area (Å²) in [5.41, 5.74) is 3.12. The quantitative estimate of drug-likeness (QED) is 0.880. The van der Waals surface area contributed by atoms with Gasteiger partial charge in [-0.1, -0.05) is 0 Å². The van der Waals surface area contributed by atoms with Crippen LogP contribution in [0.15, 0.2) is 16.7 Å². The minimum absolute atomic E-state index is 0.441. The van der Waals surface area contributed by atoms with E-state index in [9.17, 15) is 0 Å². The highest BCUT2D eigenvalue weighted by atomic mass is 16.5. The first kappa shape index (κ1) is 13.2. The smallest absolute Gasteiger partial charge is 0.163 e. The minimum atomic E-state index is 0.441. The van der Waals surface area contributed by atoms with Crippen molar-refractivity contribution in [3.63, 3.8) is 0 Å². The number of rotatable bonds is 6. The Hall–Kier alpha value is -1.75. The SMILES string of the molecule is Cc1nn(C)c(C)c1OCc1cc(CNC2CC2)co1. The molecular weight excluding hydrogens is 254 g/mol. The van der Waals surface area contributed by atoms with Crippen LogP contribution in [0.3, 0.4) is 0 Å². The van der Waals surface area contributed by atoms with E-state index >= 15 is 0 Å². The maximum Gasteiger partial charge on any atom is 0.163 e. The lowest BCUT2D eigenvalue weighted by atomic mass is 10.3. The van der Waals surface area contributed by atoms with E-state index in [0.29, 0.717) is 12.6 Å². The molecule has 3 rings (SSSR count). The second kappa shape index (κ2) is 5.32. The lowest BCUT2D eigenvalue weighted by Gasteiger charge is -2.04. The lowest BCUT2D eigenvalue weighted by molar-refractivity contribution is 0.267. The standard InChI is InChI=1S/C15H21N3O2/c1-10-15(11(2)18(3)17-10)20-9-14-6-12(8-19-14)7-16-13-4-5-13/h6,8,13,16H,4-5,7,9H2,1-3H3. The third-order valence-electron chi connectivity index (χ3n) is 3.68. The molecule has 5 heteroatoms. The van der Waals surface area contributed by atoms with Gasteiger partial charge >= 0.3 is 0 Å². The summed E-state index contributed by atoms with van der Waals surface area (Å²) < 4.78 is 13.2. The molecule has 1 aliphatic carbocycles. The zero-order valence-corrected chi connectivity index (χ0v) is 12.3. The number of hydrogen-bond acceptors (Lipinski definition) is 4. The molecule has 1 N–H and O–H groups in total. The molecule has 2 heterocycles. The van der Waals surface area contributed by atoms with Gasteiger partial charge in [-0.2, -0.15) is 5.10 Å². The highest BCUT2D eigenvalue weighted by Gasteiger charge is 2.20. The third kappa shape index (κ3) is 2.88. The van der Waals surface area contributed by atoms with Crippen molar-refractivity contribution in [1.82, 2.24) is 15.1 Å². The molecule has 0 aliphatic heterocycles. The van der Waals surface area contributed by atoms with Gasteiger partial charge in [-0.25, -0.2) is 0 Å². The Kier molecular flexibility index (Phi) is 3.53. The Labute approximate surface area is 118 Å². The van der Waals surface area contributed by atoms with Crippen molar-refractivity contribution in [2.24, 2.45) is 7.05 Å². The molecule has 0 unspecified atom stereocenters. The normalized spacial score (nSPS) is 14.8. The number of aromatic nitrogens is 2. The zero-order chi connectivity index (χ0) is 14.1. The van der Waals surface area contributed by atoms with E-state index in [1.165, 1.54) is 18.4 Å².